The van der Waals surface area contributed by atoms with E-state index in [4.69, 9.17) is 4.74 Å². The highest BCUT2D eigenvalue weighted by atomic mass is 16.5. The monoisotopic (exact) mass is 508 g/mol. The van der Waals surface area contributed by atoms with E-state index >= 15 is 0 Å². The third-order valence-corrected chi connectivity index (χ3v) is 6.80. The van der Waals surface area contributed by atoms with Crippen LogP contribution in [0.15, 0.2) is 97.1 Å². The van der Waals surface area contributed by atoms with Crippen LogP contribution in [0.2, 0.25) is 0 Å². The van der Waals surface area contributed by atoms with E-state index in [1.807, 2.05) is 79.7 Å². The van der Waals surface area contributed by atoms with E-state index in [-0.39, 0.29) is 11.8 Å². The Balaban J connectivity index is 1.64. The molecular weight excluding hydrogens is 472 g/mol. The molecule has 38 heavy (non-hydrogen) atoms. The van der Waals surface area contributed by atoms with Gasteiger partial charge < -0.3 is 15.0 Å². The Bertz CT molecular complexity index is 1350. The fourth-order valence-corrected chi connectivity index (χ4v) is 4.78. The standard InChI is InChI=1S/C33H36N2O3/c1-3-21-34-33(37)31(23-25-11-5-4-6-12-25)35(24-26-13-9-17-29(22-26)38-2)32(36)20-19-28-16-10-15-27-14-7-8-18-30(27)28/h4-18,22,31H,3,19-21,23-24H2,1-2H3,(H,34,37). The van der Waals surface area contributed by atoms with E-state index < -0.39 is 6.04 Å². The number of fused-ring (bicyclic) bond motifs is 1. The van der Waals surface area contributed by atoms with Crippen LogP contribution in [0.5, 0.6) is 5.75 Å². The molecular formula is C33H36N2O3. The zero-order valence-corrected chi connectivity index (χ0v) is 22.2. The normalized spacial score (nSPS) is 11.6. The molecule has 4 aromatic carbocycles. The third-order valence-electron chi connectivity index (χ3n) is 6.80. The highest BCUT2D eigenvalue weighted by molar-refractivity contribution is 5.89. The van der Waals surface area contributed by atoms with Crippen molar-refractivity contribution in [1.29, 1.82) is 0 Å². The van der Waals surface area contributed by atoms with Gasteiger partial charge in [0, 0.05) is 25.9 Å². The van der Waals surface area contributed by atoms with Crippen molar-refractivity contribution in [3.05, 3.63) is 114 Å². The Morgan fingerprint density at radius 3 is 2.37 bits per heavy atom. The van der Waals surface area contributed by atoms with Crippen LogP contribution in [0.1, 0.15) is 36.5 Å². The number of hydrogen-bond acceptors (Lipinski definition) is 3. The summed E-state index contributed by atoms with van der Waals surface area (Å²) in [4.78, 5) is 29.2. The van der Waals surface area contributed by atoms with E-state index in [2.05, 4.69) is 29.6 Å². The van der Waals surface area contributed by atoms with E-state index in [0.717, 1.165) is 39.6 Å². The predicted molar refractivity (Wildman–Crippen MR) is 153 cm³/mol. The molecule has 0 aromatic heterocycles. The maximum absolute atomic E-state index is 13.9. The van der Waals surface area contributed by atoms with Crippen molar-refractivity contribution in [1.82, 2.24) is 10.2 Å². The van der Waals surface area contributed by atoms with Gasteiger partial charge >= 0.3 is 0 Å². The minimum Gasteiger partial charge on any atom is -0.497 e. The number of amides is 2. The lowest BCUT2D eigenvalue weighted by atomic mass is 9.99. The summed E-state index contributed by atoms with van der Waals surface area (Å²) in [5.74, 6) is 0.547. The molecule has 1 unspecified atom stereocenters. The summed E-state index contributed by atoms with van der Waals surface area (Å²) in [7, 11) is 1.63. The first-order valence-electron chi connectivity index (χ1n) is 13.3. The molecule has 0 fully saturated rings. The maximum atomic E-state index is 13.9. The molecule has 4 aromatic rings. The fraction of sp³-hybridized carbons (Fsp3) is 0.273. The van der Waals surface area contributed by atoms with Crippen molar-refractivity contribution in [3.63, 3.8) is 0 Å². The molecule has 2 amide bonds. The lowest BCUT2D eigenvalue weighted by molar-refractivity contribution is -0.141. The number of benzene rings is 4. The molecule has 5 nitrogen and oxygen atoms in total. The molecule has 0 bridgehead atoms. The summed E-state index contributed by atoms with van der Waals surface area (Å²) in [5, 5.41) is 5.35. The van der Waals surface area contributed by atoms with Crippen molar-refractivity contribution in [2.45, 2.75) is 45.2 Å². The van der Waals surface area contributed by atoms with Crippen molar-refractivity contribution in [2.24, 2.45) is 0 Å². The minimum absolute atomic E-state index is 0.0478. The molecule has 0 saturated heterocycles. The number of hydrogen-bond donors (Lipinski definition) is 1. The predicted octanol–water partition coefficient (Wildman–Crippen LogP) is 5.95. The van der Waals surface area contributed by atoms with Crippen LogP contribution in [0.25, 0.3) is 10.8 Å². The Morgan fingerprint density at radius 1 is 0.868 bits per heavy atom. The van der Waals surface area contributed by atoms with Gasteiger partial charge in [0.25, 0.3) is 0 Å². The molecule has 4 rings (SSSR count). The van der Waals surface area contributed by atoms with Gasteiger partial charge in [0.1, 0.15) is 11.8 Å². The lowest BCUT2D eigenvalue weighted by Gasteiger charge is -2.32. The molecule has 0 aliphatic carbocycles. The molecule has 5 heteroatoms. The molecule has 0 radical (unpaired) electrons. The van der Waals surface area contributed by atoms with Gasteiger partial charge in [-0.05, 0) is 52.4 Å². The third kappa shape index (κ3) is 7.00. The first-order chi connectivity index (χ1) is 18.6. The number of nitrogens with zero attached hydrogens (tertiary/aromatic N) is 1. The largest absolute Gasteiger partial charge is 0.497 e. The van der Waals surface area contributed by atoms with Gasteiger partial charge in [-0.1, -0.05) is 91.9 Å². The second-order valence-corrected chi connectivity index (χ2v) is 9.51. The van der Waals surface area contributed by atoms with Gasteiger partial charge in [-0.3, -0.25) is 9.59 Å². The van der Waals surface area contributed by atoms with Crippen molar-refractivity contribution < 1.29 is 14.3 Å². The van der Waals surface area contributed by atoms with Crippen LogP contribution >= 0.6 is 0 Å². The summed E-state index contributed by atoms with van der Waals surface area (Å²) in [6.45, 7) is 2.92. The van der Waals surface area contributed by atoms with Crippen LogP contribution < -0.4 is 10.1 Å². The van der Waals surface area contributed by atoms with Crippen LogP contribution in [0, 0.1) is 0 Å². The quantitative estimate of drug-likeness (QED) is 0.257. The van der Waals surface area contributed by atoms with E-state index in [9.17, 15) is 9.59 Å². The fourth-order valence-electron chi connectivity index (χ4n) is 4.78. The van der Waals surface area contributed by atoms with Gasteiger partial charge in [-0.15, -0.1) is 0 Å². The van der Waals surface area contributed by atoms with Gasteiger partial charge in [0.2, 0.25) is 11.8 Å². The Labute approximate surface area is 225 Å². The average Bonchev–Trinajstić information content (AvgIpc) is 2.97. The highest BCUT2D eigenvalue weighted by Crippen LogP contribution is 2.22. The second kappa shape index (κ2) is 13.4. The molecule has 196 valence electrons. The molecule has 0 aliphatic heterocycles. The van der Waals surface area contributed by atoms with Crippen LogP contribution in [0.4, 0.5) is 0 Å². The van der Waals surface area contributed by atoms with Gasteiger partial charge in [-0.2, -0.15) is 0 Å². The van der Waals surface area contributed by atoms with Crippen molar-refractivity contribution in [3.8, 4) is 5.75 Å². The number of methoxy groups -OCH3 is 1. The number of carbonyl (C=O) groups is 2. The lowest BCUT2D eigenvalue weighted by Crippen LogP contribution is -2.50. The van der Waals surface area contributed by atoms with Gasteiger partial charge in [-0.25, -0.2) is 0 Å². The molecule has 0 heterocycles. The number of ether oxygens (including phenoxy) is 1. The number of carbonyl (C=O) groups excluding carboxylic acids is 2. The zero-order chi connectivity index (χ0) is 26.7. The summed E-state index contributed by atoms with van der Waals surface area (Å²) >= 11 is 0. The Morgan fingerprint density at radius 2 is 1.58 bits per heavy atom. The summed E-state index contributed by atoms with van der Waals surface area (Å²) < 4.78 is 5.42. The average molecular weight is 509 g/mol. The van der Waals surface area contributed by atoms with Crippen LogP contribution in [-0.4, -0.2) is 36.4 Å². The molecule has 1 atom stereocenters. The Kier molecular flexibility index (Phi) is 9.52. The first kappa shape index (κ1) is 26.9. The zero-order valence-electron chi connectivity index (χ0n) is 22.2. The van der Waals surface area contributed by atoms with E-state index in [1.54, 1.807) is 12.0 Å². The highest BCUT2D eigenvalue weighted by Gasteiger charge is 2.30. The van der Waals surface area contributed by atoms with Crippen molar-refractivity contribution in [2.75, 3.05) is 13.7 Å². The minimum atomic E-state index is -0.629. The number of nitrogens with one attached hydrogen (secondary N) is 1. The Hall–Kier alpha value is -4.12. The molecule has 1 N–H and O–H groups in total. The van der Waals surface area contributed by atoms with Crippen LogP contribution in [0.3, 0.4) is 0 Å². The smallest absolute Gasteiger partial charge is 0.243 e. The second-order valence-electron chi connectivity index (χ2n) is 9.51. The SMILES string of the molecule is CCCNC(=O)C(Cc1ccccc1)N(Cc1cccc(OC)c1)C(=O)CCc1cccc2ccccc12. The van der Waals surface area contributed by atoms with Gasteiger partial charge in [0.05, 0.1) is 7.11 Å². The van der Waals surface area contributed by atoms with E-state index in [1.165, 1.54) is 0 Å². The van der Waals surface area contributed by atoms with Crippen molar-refractivity contribution >= 4 is 22.6 Å². The number of aryl methyl sites for hydroxylation is 1. The topological polar surface area (TPSA) is 58.6 Å². The summed E-state index contributed by atoms with van der Waals surface area (Å²) in [6.07, 6.45) is 2.18. The maximum Gasteiger partial charge on any atom is 0.243 e. The van der Waals surface area contributed by atoms with Gasteiger partial charge in [0.15, 0.2) is 0 Å². The summed E-state index contributed by atoms with van der Waals surface area (Å²) in [6, 6.07) is 31.4. The molecule has 0 aliphatic rings. The number of rotatable bonds is 12. The molecule has 0 spiro atoms. The summed E-state index contributed by atoms with van der Waals surface area (Å²) in [5.41, 5.74) is 3.07. The molecule has 0 saturated carbocycles. The van der Waals surface area contributed by atoms with Crippen LogP contribution in [-0.2, 0) is 29.0 Å². The van der Waals surface area contributed by atoms with E-state index in [0.29, 0.717) is 32.4 Å². The first-order valence-corrected chi connectivity index (χ1v) is 13.3.